The van der Waals surface area contributed by atoms with Gasteiger partial charge in [0.15, 0.2) is 0 Å². The van der Waals surface area contributed by atoms with E-state index in [2.05, 4.69) is 14.8 Å². The van der Waals surface area contributed by atoms with Gasteiger partial charge >= 0.3 is 17.9 Å². The number of rotatable bonds is 6. The maximum absolute atomic E-state index is 11.4. The highest BCUT2D eigenvalue weighted by atomic mass is 16.5. The van der Waals surface area contributed by atoms with Crippen LogP contribution < -0.4 is 5.32 Å². The first kappa shape index (κ1) is 16.0. The molecule has 0 aromatic rings. The van der Waals surface area contributed by atoms with Crippen LogP contribution in [0.15, 0.2) is 11.8 Å². The van der Waals surface area contributed by atoms with E-state index in [1.165, 1.54) is 14.0 Å². The molecule has 7 nitrogen and oxygen atoms in total. The summed E-state index contributed by atoms with van der Waals surface area (Å²) in [6.45, 7) is 3.38. The quantitative estimate of drug-likeness (QED) is 0.400. The lowest BCUT2D eigenvalue weighted by molar-refractivity contribution is -0.145. The first-order valence-corrected chi connectivity index (χ1v) is 5.27. The number of methoxy groups -OCH3 is 2. The molecule has 0 aliphatic heterocycles. The molecule has 0 spiro atoms. The molecule has 0 bridgehead atoms. The highest BCUT2D eigenvalue weighted by molar-refractivity contribution is 5.96. The lowest BCUT2D eigenvalue weighted by Crippen LogP contribution is -2.37. The summed E-state index contributed by atoms with van der Waals surface area (Å²) in [5, 5.41) is 2.53. The van der Waals surface area contributed by atoms with E-state index >= 15 is 0 Å². The summed E-state index contributed by atoms with van der Waals surface area (Å²) in [6, 6.07) is -0.792. The molecule has 7 heteroatoms. The summed E-state index contributed by atoms with van der Waals surface area (Å²) < 4.78 is 13.6. The third kappa shape index (κ3) is 5.33. The summed E-state index contributed by atoms with van der Waals surface area (Å²) in [7, 11) is 2.33. The van der Waals surface area contributed by atoms with Crippen molar-refractivity contribution in [2.75, 3.05) is 20.8 Å². The van der Waals surface area contributed by atoms with Crippen LogP contribution in [-0.4, -0.2) is 44.8 Å². The van der Waals surface area contributed by atoms with Crippen molar-refractivity contribution >= 4 is 17.9 Å². The Balaban J connectivity index is 4.80. The predicted octanol–water partition coefficient (Wildman–Crippen LogP) is -0.242. The first-order chi connectivity index (χ1) is 8.46. The van der Waals surface area contributed by atoms with Gasteiger partial charge in [0.2, 0.25) is 0 Å². The Kier molecular flexibility index (Phi) is 7.18. The third-order valence-electron chi connectivity index (χ3n) is 1.88. The number of hydrogen-bond donors (Lipinski definition) is 1. The fourth-order valence-corrected chi connectivity index (χ4v) is 1.01. The van der Waals surface area contributed by atoms with Crippen LogP contribution in [0.25, 0.3) is 0 Å². The van der Waals surface area contributed by atoms with Crippen molar-refractivity contribution in [3.63, 3.8) is 0 Å². The highest BCUT2D eigenvalue weighted by Gasteiger charge is 2.20. The van der Waals surface area contributed by atoms with Gasteiger partial charge in [-0.25, -0.2) is 14.4 Å². The van der Waals surface area contributed by atoms with Gasteiger partial charge in [0.25, 0.3) is 0 Å². The van der Waals surface area contributed by atoms with Crippen molar-refractivity contribution in [2.24, 2.45) is 0 Å². The van der Waals surface area contributed by atoms with Crippen LogP contribution in [0.4, 0.5) is 0 Å². The molecule has 0 heterocycles. The van der Waals surface area contributed by atoms with E-state index in [4.69, 9.17) is 4.74 Å². The van der Waals surface area contributed by atoms with Crippen LogP contribution in [0.1, 0.15) is 13.8 Å². The molecule has 0 amide bonds. The minimum atomic E-state index is -0.792. The maximum Gasteiger partial charge on any atom is 0.354 e. The highest BCUT2D eigenvalue weighted by Crippen LogP contribution is 1.99. The van der Waals surface area contributed by atoms with Crippen LogP contribution in [-0.2, 0) is 28.6 Å². The molecule has 0 saturated heterocycles. The van der Waals surface area contributed by atoms with E-state index in [0.29, 0.717) is 0 Å². The van der Waals surface area contributed by atoms with E-state index in [9.17, 15) is 14.4 Å². The second-order valence-electron chi connectivity index (χ2n) is 3.19. The van der Waals surface area contributed by atoms with Crippen LogP contribution in [0, 0.1) is 0 Å². The van der Waals surface area contributed by atoms with E-state index in [1.54, 1.807) is 6.92 Å². The molecule has 0 rings (SSSR count). The second kappa shape index (κ2) is 8.10. The average Bonchev–Trinajstić information content (AvgIpc) is 2.36. The van der Waals surface area contributed by atoms with E-state index in [1.807, 2.05) is 0 Å². The zero-order chi connectivity index (χ0) is 14.1. The maximum atomic E-state index is 11.4. The van der Waals surface area contributed by atoms with Gasteiger partial charge in [-0.3, -0.25) is 0 Å². The molecule has 0 aliphatic carbocycles. The third-order valence-corrected chi connectivity index (χ3v) is 1.88. The summed E-state index contributed by atoms with van der Waals surface area (Å²) >= 11 is 0. The minimum Gasteiger partial charge on any atom is -0.466 e. The van der Waals surface area contributed by atoms with Crippen molar-refractivity contribution in [1.82, 2.24) is 5.32 Å². The SMILES string of the molecule is CCOC(=O)C(C)N/C(=C/C(=O)OC)C(=O)OC. The molecule has 0 aliphatic rings. The Hall–Kier alpha value is -2.05. The van der Waals surface area contributed by atoms with E-state index in [-0.39, 0.29) is 12.3 Å². The van der Waals surface area contributed by atoms with Crippen molar-refractivity contribution in [3.05, 3.63) is 11.8 Å². The summed E-state index contributed by atoms with van der Waals surface area (Å²) in [5.74, 6) is -2.06. The Morgan fingerprint density at radius 3 is 2.28 bits per heavy atom. The molecular formula is C11H17NO6. The number of carbonyl (C=O) groups excluding carboxylic acids is 3. The number of nitrogens with one attached hydrogen (secondary N) is 1. The van der Waals surface area contributed by atoms with Gasteiger partial charge < -0.3 is 19.5 Å². The van der Waals surface area contributed by atoms with Gasteiger partial charge in [0.05, 0.1) is 26.9 Å². The molecule has 1 atom stereocenters. The van der Waals surface area contributed by atoms with Crippen LogP contribution in [0.2, 0.25) is 0 Å². The molecular weight excluding hydrogens is 242 g/mol. The molecule has 1 N–H and O–H groups in total. The van der Waals surface area contributed by atoms with Crippen molar-refractivity contribution in [2.45, 2.75) is 19.9 Å². The zero-order valence-corrected chi connectivity index (χ0v) is 10.8. The summed E-state index contributed by atoms with van der Waals surface area (Å²) in [6.07, 6.45) is 0.904. The predicted molar refractivity (Wildman–Crippen MR) is 61.3 cm³/mol. The second-order valence-corrected chi connectivity index (χ2v) is 3.19. The van der Waals surface area contributed by atoms with Gasteiger partial charge in [-0.1, -0.05) is 0 Å². The number of hydrogen-bond acceptors (Lipinski definition) is 7. The number of esters is 3. The monoisotopic (exact) mass is 259 g/mol. The van der Waals surface area contributed by atoms with Gasteiger partial charge in [0, 0.05) is 0 Å². The van der Waals surface area contributed by atoms with Gasteiger partial charge in [-0.2, -0.15) is 0 Å². The molecule has 0 aromatic heterocycles. The first-order valence-electron chi connectivity index (χ1n) is 5.27. The number of ether oxygens (including phenoxy) is 3. The Morgan fingerprint density at radius 2 is 1.83 bits per heavy atom. The Labute approximate surface area is 105 Å². The Morgan fingerprint density at radius 1 is 1.22 bits per heavy atom. The topological polar surface area (TPSA) is 90.9 Å². The Bertz CT molecular complexity index is 349. The van der Waals surface area contributed by atoms with E-state index < -0.39 is 23.9 Å². The van der Waals surface area contributed by atoms with Gasteiger partial charge in [-0.15, -0.1) is 0 Å². The fraction of sp³-hybridized carbons (Fsp3) is 0.545. The molecule has 0 radical (unpaired) electrons. The molecule has 0 fully saturated rings. The molecule has 1 unspecified atom stereocenters. The van der Waals surface area contributed by atoms with Crippen LogP contribution >= 0.6 is 0 Å². The van der Waals surface area contributed by atoms with Crippen LogP contribution in [0.5, 0.6) is 0 Å². The molecule has 18 heavy (non-hydrogen) atoms. The number of carbonyl (C=O) groups is 3. The zero-order valence-electron chi connectivity index (χ0n) is 10.8. The lowest BCUT2D eigenvalue weighted by Gasteiger charge is -2.14. The van der Waals surface area contributed by atoms with Gasteiger partial charge in [-0.05, 0) is 13.8 Å². The smallest absolute Gasteiger partial charge is 0.354 e. The summed E-state index contributed by atoms with van der Waals surface area (Å²) in [5.41, 5.74) is -0.176. The van der Waals surface area contributed by atoms with Crippen LogP contribution in [0.3, 0.4) is 0 Å². The largest absolute Gasteiger partial charge is 0.466 e. The van der Waals surface area contributed by atoms with E-state index in [0.717, 1.165) is 13.2 Å². The average molecular weight is 259 g/mol. The van der Waals surface area contributed by atoms with Crippen molar-refractivity contribution < 1.29 is 28.6 Å². The normalized spacial score (nSPS) is 12.3. The molecule has 102 valence electrons. The van der Waals surface area contributed by atoms with Crippen molar-refractivity contribution in [3.8, 4) is 0 Å². The molecule has 0 saturated carbocycles. The molecule has 0 aromatic carbocycles. The van der Waals surface area contributed by atoms with Gasteiger partial charge in [0.1, 0.15) is 11.7 Å². The summed E-state index contributed by atoms with van der Waals surface area (Å²) in [4.78, 5) is 33.8. The van der Waals surface area contributed by atoms with Crippen molar-refractivity contribution in [1.29, 1.82) is 0 Å². The fourth-order valence-electron chi connectivity index (χ4n) is 1.01. The lowest BCUT2D eigenvalue weighted by atomic mass is 10.3. The minimum absolute atomic E-state index is 0.176. The standard InChI is InChI=1S/C11H17NO6/c1-5-18-10(14)7(2)12-8(11(15)17-4)6-9(13)16-3/h6-7,12H,5H2,1-4H3/b8-6+.